The van der Waals surface area contributed by atoms with Gasteiger partial charge in [0.2, 0.25) is 0 Å². The summed E-state index contributed by atoms with van der Waals surface area (Å²) in [5.74, 6) is 0. The zero-order valence-corrected chi connectivity index (χ0v) is 41.5. The van der Waals surface area contributed by atoms with Crippen LogP contribution in [0.15, 0.2) is 279 Å². The maximum absolute atomic E-state index is 2.71. The number of hydrogen-bond acceptors (Lipinski definition) is 1. The molecule has 0 saturated carbocycles. The molecule has 0 saturated heterocycles. The van der Waals surface area contributed by atoms with Crippen LogP contribution in [0.5, 0.6) is 0 Å². The van der Waals surface area contributed by atoms with Crippen molar-refractivity contribution < 1.29 is 0 Å². The Morgan fingerprint density at radius 1 is 0.316 bits per heavy atom. The number of hydrogen-bond donors (Lipinski definition) is 0. The molecule has 4 heteroatoms. The largest absolute Gasteiger partial charge is 0.310 e. The zero-order valence-electron chi connectivity index (χ0n) is 41.5. The number of aromatic nitrogens is 2. The molecular formula is C72H46BN3. The maximum Gasteiger partial charge on any atom is 0.252 e. The predicted molar refractivity (Wildman–Crippen MR) is 314 cm³/mol. The summed E-state index contributed by atoms with van der Waals surface area (Å²) in [6, 6.07) is 105. The average Bonchev–Trinajstić information content (AvgIpc) is 4.41. The first-order chi connectivity index (χ1) is 37.8. The molecule has 0 spiro atoms. The molecule has 13 aromatic rings. The zero-order chi connectivity index (χ0) is 49.7. The van der Waals surface area contributed by atoms with Crippen molar-refractivity contribution in [2.24, 2.45) is 0 Å². The summed E-state index contributed by atoms with van der Waals surface area (Å²) in [7, 11) is 0. The van der Waals surface area contributed by atoms with Gasteiger partial charge in [-0.25, -0.2) is 0 Å². The molecule has 2 aliphatic heterocycles. The Morgan fingerprint density at radius 2 is 0.658 bits per heavy atom. The molecule has 352 valence electrons. The van der Waals surface area contributed by atoms with E-state index < -0.39 is 10.8 Å². The molecule has 0 atom stereocenters. The summed E-state index contributed by atoms with van der Waals surface area (Å²) in [4.78, 5) is 2.47. The number of fused-ring (bicyclic) bond motifs is 14. The van der Waals surface area contributed by atoms with E-state index in [1.165, 1.54) is 117 Å². The first-order valence-corrected chi connectivity index (χ1v) is 26.6. The van der Waals surface area contributed by atoms with Crippen molar-refractivity contribution >= 4 is 62.0 Å². The molecule has 4 heterocycles. The van der Waals surface area contributed by atoms with Gasteiger partial charge in [0.15, 0.2) is 0 Å². The fourth-order valence-electron chi connectivity index (χ4n) is 15.0. The molecule has 0 amide bonds. The highest BCUT2D eigenvalue weighted by Crippen LogP contribution is 2.62. The van der Waals surface area contributed by atoms with E-state index in [-0.39, 0.29) is 6.71 Å². The molecule has 0 N–H and O–H groups in total. The van der Waals surface area contributed by atoms with Crippen molar-refractivity contribution in [3.8, 4) is 33.9 Å². The lowest BCUT2D eigenvalue weighted by atomic mass is 9.34. The second-order valence-electron chi connectivity index (χ2n) is 21.0. The summed E-state index contributed by atoms with van der Waals surface area (Å²) in [5.41, 5.74) is 26.5. The smallest absolute Gasteiger partial charge is 0.252 e. The number of nitrogens with zero attached hydrogens (tertiary/aromatic N) is 3. The lowest BCUT2D eigenvalue weighted by Gasteiger charge is -2.36. The molecule has 17 rings (SSSR count). The molecule has 0 bridgehead atoms. The van der Waals surface area contributed by atoms with Crippen LogP contribution >= 0.6 is 0 Å². The average molecular weight is 964 g/mol. The fourth-order valence-corrected chi connectivity index (χ4v) is 15.0. The van der Waals surface area contributed by atoms with Crippen molar-refractivity contribution in [1.82, 2.24) is 9.13 Å². The van der Waals surface area contributed by atoms with Gasteiger partial charge < -0.3 is 14.0 Å². The molecular weight excluding hydrogens is 918 g/mol. The molecule has 0 fully saturated rings. The molecule has 0 unspecified atom stereocenters. The summed E-state index contributed by atoms with van der Waals surface area (Å²) in [5, 5.41) is 2.57. The van der Waals surface area contributed by atoms with E-state index in [0.29, 0.717) is 0 Å². The Kier molecular flexibility index (Phi) is 8.50. The van der Waals surface area contributed by atoms with Crippen LogP contribution in [0.2, 0.25) is 0 Å². The number of anilines is 3. The minimum atomic E-state index is -0.592. The second kappa shape index (κ2) is 15.5. The normalized spacial score (nSPS) is 14.2. The highest BCUT2D eigenvalue weighted by molar-refractivity contribution is 7.00. The van der Waals surface area contributed by atoms with Gasteiger partial charge in [0.05, 0.1) is 27.9 Å². The summed E-state index contributed by atoms with van der Waals surface area (Å²) < 4.78 is 5.42. The molecule has 4 aliphatic rings. The number of benzene rings is 11. The summed E-state index contributed by atoms with van der Waals surface area (Å²) >= 11 is 0. The topological polar surface area (TPSA) is 13.1 Å². The van der Waals surface area contributed by atoms with E-state index in [4.69, 9.17) is 0 Å². The van der Waals surface area contributed by atoms with Gasteiger partial charge in [-0.05, 0) is 86.2 Å². The van der Waals surface area contributed by atoms with Crippen molar-refractivity contribution in [1.29, 1.82) is 0 Å². The Bertz CT molecular complexity index is 4140. The van der Waals surface area contributed by atoms with E-state index in [0.717, 1.165) is 17.1 Å². The Balaban J connectivity index is 1.08. The lowest BCUT2D eigenvalue weighted by Crippen LogP contribution is -2.59. The molecule has 0 radical (unpaired) electrons. The van der Waals surface area contributed by atoms with Crippen LogP contribution in [-0.4, -0.2) is 15.8 Å². The van der Waals surface area contributed by atoms with Crippen LogP contribution in [0.25, 0.3) is 55.7 Å². The van der Waals surface area contributed by atoms with Crippen LogP contribution < -0.4 is 21.3 Å². The first kappa shape index (κ1) is 41.8. The lowest BCUT2D eigenvalue weighted by molar-refractivity contribution is 0.775. The van der Waals surface area contributed by atoms with Gasteiger partial charge in [-0.15, -0.1) is 0 Å². The minimum Gasteiger partial charge on any atom is -0.310 e. The molecule has 76 heavy (non-hydrogen) atoms. The Labute approximate surface area is 441 Å². The van der Waals surface area contributed by atoms with Crippen molar-refractivity contribution in [2.45, 2.75) is 10.8 Å². The van der Waals surface area contributed by atoms with Gasteiger partial charge in [-0.1, -0.05) is 243 Å². The van der Waals surface area contributed by atoms with E-state index in [9.17, 15) is 0 Å². The first-order valence-electron chi connectivity index (χ1n) is 26.6. The monoisotopic (exact) mass is 963 g/mol. The third-order valence-corrected chi connectivity index (χ3v) is 17.6. The minimum absolute atomic E-state index is 0.0606. The van der Waals surface area contributed by atoms with Crippen molar-refractivity contribution in [3.63, 3.8) is 0 Å². The summed E-state index contributed by atoms with van der Waals surface area (Å²) in [6.07, 6.45) is 0. The third kappa shape index (κ3) is 5.13. The van der Waals surface area contributed by atoms with E-state index in [1.54, 1.807) is 0 Å². The second-order valence-corrected chi connectivity index (χ2v) is 21.0. The Hall–Kier alpha value is -9.64. The number of rotatable bonds is 7. The third-order valence-electron chi connectivity index (χ3n) is 17.6. The van der Waals surface area contributed by atoms with Gasteiger partial charge in [0.25, 0.3) is 6.71 Å². The van der Waals surface area contributed by atoms with Crippen molar-refractivity contribution in [2.75, 3.05) is 4.90 Å². The van der Waals surface area contributed by atoms with Crippen LogP contribution in [0.4, 0.5) is 17.1 Å². The maximum atomic E-state index is 2.71. The number of para-hydroxylation sites is 4. The van der Waals surface area contributed by atoms with Crippen LogP contribution in [0, 0.1) is 0 Å². The molecule has 3 nitrogen and oxygen atoms in total. The van der Waals surface area contributed by atoms with E-state index >= 15 is 0 Å². The molecule has 2 aromatic heterocycles. The Morgan fingerprint density at radius 3 is 1.04 bits per heavy atom. The highest BCUT2D eigenvalue weighted by atomic mass is 15.2. The van der Waals surface area contributed by atoms with Gasteiger partial charge in [-0.3, -0.25) is 0 Å². The summed E-state index contributed by atoms with van der Waals surface area (Å²) in [6.45, 7) is -0.0606. The molecule has 11 aromatic carbocycles. The van der Waals surface area contributed by atoms with Crippen LogP contribution in [0.1, 0.15) is 44.5 Å². The van der Waals surface area contributed by atoms with Gasteiger partial charge in [0.1, 0.15) is 0 Å². The fraction of sp³-hybridized carbons (Fsp3) is 0.0278. The van der Waals surface area contributed by atoms with Gasteiger partial charge in [-0.2, -0.15) is 0 Å². The van der Waals surface area contributed by atoms with E-state index in [2.05, 4.69) is 293 Å². The van der Waals surface area contributed by atoms with Crippen molar-refractivity contribution in [3.05, 3.63) is 324 Å². The van der Waals surface area contributed by atoms with Crippen LogP contribution in [0.3, 0.4) is 0 Å². The quantitative estimate of drug-likeness (QED) is 0.145. The van der Waals surface area contributed by atoms with E-state index in [1.807, 2.05) is 0 Å². The van der Waals surface area contributed by atoms with Gasteiger partial charge >= 0.3 is 0 Å². The highest BCUT2D eigenvalue weighted by Gasteiger charge is 2.54. The molecule has 2 aliphatic carbocycles. The standard InChI is InChI=1S/C72H46BN3/c1-7-25-47(26-8-1)71(48-27-9-2-10-28-48)58-41-21-19-37-54(58)69-64(71)56-39-23-43-60-67(56)75(69)62-45-53(74(51-33-15-5-16-34-51)52-35-17-6-18-36-52)46-63-66(62)73(60)61-44-24-40-57-65-70(76(63)68(57)61)55-38-20-22-42-59(55)72(65,49-29-11-3-12-30-49)50-31-13-4-14-32-50/h1-46H. The van der Waals surface area contributed by atoms with Crippen LogP contribution in [-0.2, 0) is 10.8 Å². The predicted octanol–water partition coefficient (Wildman–Crippen LogP) is 14.9. The SMILES string of the molecule is c1ccc(N(c2ccccc2)c2cc3c4c(c2)-n2c5c(c6cccc(c62)B4c2cccc4c6c(n-3c24)-c2ccccc2C6(c2ccccc2)c2ccccc2)C(c2ccccc2)(c2ccccc2)c2ccccc2-5)cc1. The van der Waals surface area contributed by atoms with Gasteiger partial charge in [0, 0.05) is 66.8 Å².